The van der Waals surface area contributed by atoms with Gasteiger partial charge in [-0.2, -0.15) is 4.37 Å². The van der Waals surface area contributed by atoms with Gasteiger partial charge in [0, 0.05) is 0 Å². The van der Waals surface area contributed by atoms with E-state index in [0.717, 1.165) is 22.2 Å². The number of nitrogens with zero attached hydrogens (tertiary/aromatic N) is 1. The Labute approximate surface area is 104 Å². The van der Waals surface area contributed by atoms with E-state index < -0.39 is 0 Å². The number of carbonyl (C=O) groups is 1. The lowest BCUT2D eigenvalue weighted by atomic mass is 10.2. The maximum absolute atomic E-state index is 11.5. The van der Waals surface area contributed by atoms with E-state index >= 15 is 0 Å². The van der Waals surface area contributed by atoms with Gasteiger partial charge < -0.3 is 9.73 Å². The molecule has 0 saturated carbocycles. The molecule has 0 aliphatic carbocycles. The highest BCUT2D eigenvalue weighted by atomic mass is 32.1. The molecule has 0 saturated heterocycles. The Morgan fingerprint density at radius 2 is 2.24 bits per heavy atom. The fourth-order valence-corrected chi connectivity index (χ4v) is 2.49. The van der Waals surface area contributed by atoms with Crippen LogP contribution in [-0.4, -0.2) is 10.2 Å². The zero-order valence-corrected chi connectivity index (χ0v) is 10.9. The van der Waals surface area contributed by atoms with Crippen LogP contribution in [-0.2, 0) is 6.54 Å². The molecule has 0 fully saturated rings. The van der Waals surface area contributed by atoms with Crippen molar-refractivity contribution < 1.29 is 9.21 Å². The van der Waals surface area contributed by atoms with Gasteiger partial charge in [0.2, 0.25) is 0 Å². The normalized spacial score (nSPS) is 10.5. The van der Waals surface area contributed by atoms with Crippen LogP contribution in [0, 0.1) is 13.8 Å². The van der Waals surface area contributed by atoms with Gasteiger partial charge >= 0.3 is 0 Å². The van der Waals surface area contributed by atoms with Crippen molar-refractivity contribution in [3.63, 3.8) is 0 Å². The van der Waals surface area contributed by atoms with Gasteiger partial charge in [-0.15, -0.1) is 0 Å². The summed E-state index contributed by atoms with van der Waals surface area (Å²) in [5.74, 6) is 1.77. The lowest BCUT2D eigenvalue weighted by molar-refractivity contribution is 0.101. The summed E-state index contributed by atoms with van der Waals surface area (Å²) in [6, 6.07) is 3.84. The predicted molar refractivity (Wildman–Crippen MR) is 67.6 cm³/mol. The first-order valence-electron chi connectivity index (χ1n) is 5.34. The molecule has 0 radical (unpaired) electrons. The Kier molecular flexibility index (Phi) is 3.28. The highest BCUT2D eigenvalue weighted by Gasteiger charge is 2.14. The number of nitrogens with one attached hydrogen (secondary N) is 1. The SMILES string of the molecule is CC(=O)c1c(C)nsc1NCc1ccc(C)o1. The second-order valence-corrected chi connectivity index (χ2v) is 4.67. The molecule has 4 nitrogen and oxygen atoms in total. The first kappa shape index (κ1) is 11.9. The van der Waals surface area contributed by atoms with E-state index in [9.17, 15) is 4.79 Å². The molecular formula is C12H14N2O2S. The molecule has 90 valence electrons. The van der Waals surface area contributed by atoms with Crippen LogP contribution in [0.5, 0.6) is 0 Å². The Balaban J connectivity index is 2.11. The molecule has 0 aliphatic rings. The van der Waals surface area contributed by atoms with E-state index in [-0.39, 0.29) is 5.78 Å². The van der Waals surface area contributed by atoms with E-state index in [4.69, 9.17) is 4.42 Å². The van der Waals surface area contributed by atoms with Crippen LogP contribution >= 0.6 is 11.5 Å². The van der Waals surface area contributed by atoms with E-state index in [1.165, 1.54) is 11.5 Å². The third kappa shape index (κ3) is 2.55. The molecule has 2 heterocycles. The minimum Gasteiger partial charge on any atom is -0.465 e. The molecule has 0 unspecified atom stereocenters. The molecular weight excluding hydrogens is 236 g/mol. The number of ketones is 1. The van der Waals surface area contributed by atoms with Gasteiger partial charge in [0.25, 0.3) is 0 Å². The lowest BCUT2D eigenvalue weighted by Gasteiger charge is -2.03. The van der Waals surface area contributed by atoms with Gasteiger partial charge in [0.1, 0.15) is 16.5 Å². The van der Waals surface area contributed by atoms with Crippen LogP contribution in [0.15, 0.2) is 16.5 Å². The minimum atomic E-state index is 0.0365. The van der Waals surface area contributed by atoms with Crippen molar-refractivity contribution in [2.45, 2.75) is 27.3 Å². The zero-order chi connectivity index (χ0) is 12.4. The summed E-state index contributed by atoms with van der Waals surface area (Å²) in [5, 5.41) is 4.00. The maximum atomic E-state index is 11.5. The van der Waals surface area contributed by atoms with Crippen molar-refractivity contribution in [3.8, 4) is 0 Å². The van der Waals surface area contributed by atoms with Gasteiger partial charge in [0.15, 0.2) is 5.78 Å². The number of aromatic nitrogens is 1. The van der Waals surface area contributed by atoms with Crippen molar-refractivity contribution in [2.24, 2.45) is 0 Å². The second kappa shape index (κ2) is 4.71. The molecule has 0 aliphatic heterocycles. The highest BCUT2D eigenvalue weighted by molar-refractivity contribution is 7.10. The fraction of sp³-hybridized carbons (Fsp3) is 0.333. The number of anilines is 1. The van der Waals surface area contributed by atoms with Crippen molar-refractivity contribution in [2.75, 3.05) is 5.32 Å². The van der Waals surface area contributed by atoms with Crippen LogP contribution < -0.4 is 5.32 Å². The number of carbonyl (C=O) groups excluding carboxylic acids is 1. The lowest BCUT2D eigenvalue weighted by Crippen LogP contribution is -2.02. The van der Waals surface area contributed by atoms with Gasteiger partial charge in [0.05, 0.1) is 17.8 Å². The molecule has 0 aromatic carbocycles. The Bertz CT molecular complexity index is 542. The number of aryl methyl sites for hydroxylation is 2. The van der Waals surface area contributed by atoms with E-state index in [1.807, 2.05) is 26.0 Å². The summed E-state index contributed by atoms with van der Waals surface area (Å²) in [6.45, 7) is 5.87. The predicted octanol–water partition coefficient (Wildman–Crippen LogP) is 3.17. The Hall–Kier alpha value is -1.62. The average molecular weight is 250 g/mol. The summed E-state index contributed by atoms with van der Waals surface area (Å²) < 4.78 is 9.63. The minimum absolute atomic E-state index is 0.0365. The third-order valence-electron chi connectivity index (χ3n) is 2.43. The quantitative estimate of drug-likeness (QED) is 0.847. The summed E-state index contributed by atoms with van der Waals surface area (Å²) in [5.41, 5.74) is 1.46. The number of hydrogen-bond donors (Lipinski definition) is 1. The first-order chi connectivity index (χ1) is 8.08. The van der Waals surface area contributed by atoms with Gasteiger partial charge in [-0.1, -0.05) is 0 Å². The molecule has 0 spiro atoms. The number of hydrogen-bond acceptors (Lipinski definition) is 5. The van der Waals surface area contributed by atoms with Crippen LogP contribution in [0.4, 0.5) is 5.00 Å². The Morgan fingerprint density at radius 1 is 1.47 bits per heavy atom. The summed E-state index contributed by atoms with van der Waals surface area (Å²) in [7, 11) is 0. The summed E-state index contributed by atoms with van der Waals surface area (Å²) >= 11 is 1.31. The van der Waals surface area contributed by atoms with Gasteiger partial charge in [-0.3, -0.25) is 4.79 Å². The standard InChI is InChI=1S/C12H14N2O2S/c1-7-4-5-10(16-7)6-13-12-11(9(3)15)8(2)14-17-12/h4-5,13H,6H2,1-3H3. The molecule has 0 atom stereocenters. The first-order valence-corrected chi connectivity index (χ1v) is 6.11. The molecule has 1 N–H and O–H groups in total. The van der Waals surface area contributed by atoms with Crippen LogP contribution in [0.1, 0.15) is 34.5 Å². The summed E-state index contributed by atoms with van der Waals surface area (Å²) in [6.07, 6.45) is 0. The molecule has 0 bridgehead atoms. The average Bonchev–Trinajstić information content (AvgIpc) is 2.82. The number of furan rings is 1. The third-order valence-corrected chi connectivity index (χ3v) is 3.33. The maximum Gasteiger partial charge on any atom is 0.164 e. The summed E-state index contributed by atoms with van der Waals surface area (Å²) in [4.78, 5) is 11.5. The molecule has 2 aromatic rings. The number of Topliss-reactive ketones (excluding diaryl/α,β-unsaturated/α-hetero) is 1. The second-order valence-electron chi connectivity index (χ2n) is 3.89. The van der Waals surface area contributed by atoms with Crippen molar-refractivity contribution in [1.29, 1.82) is 0 Å². The molecule has 0 amide bonds. The van der Waals surface area contributed by atoms with Crippen molar-refractivity contribution >= 4 is 22.3 Å². The van der Waals surface area contributed by atoms with Gasteiger partial charge in [-0.05, 0) is 44.4 Å². The number of rotatable bonds is 4. The Morgan fingerprint density at radius 3 is 2.82 bits per heavy atom. The largest absolute Gasteiger partial charge is 0.465 e. The fourth-order valence-electron chi connectivity index (χ4n) is 1.65. The monoisotopic (exact) mass is 250 g/mol. The van der Waals surface area contributed by atoms with Crippen molar-refractivity contribution in [1.82, 2.24) is 4.37 Å². The molecule has 2 rings (SSSR count). The molecule has 17 heavy (non-hydrogen) atoms. The topological polar surface area (TPSA) is 55.1 Å². The molecule has 5 heteroatoms. The smallest absolute Gasteiger partial charge is 0.164 e. The van der Waals surface area contributed by atoms with Crippen molar-refractivity contribution in [3.05, 3.63) is 34.9 Å². The van der Waals surface area contributed by atoms with Crippen LogP contribution in [0.3, 0.4) is 0 Å². The van der Waals surface area contributed by atoms with E-state index in [2.05, 4.69) is 9.69 Å². The zero-order valence-electron chi connectivity index (χ0n) is 10.0. The highest BCUT2D eigenvalue weighted by Crippen LogP contribution is 2.25. The van der Waals surface area contributed by atoms with E-state index in [1.54, 1.807) is 6.92 Å². The van der Waals surface area contributed by atoms with Gasteiger partial charge in [-0.25, -0.2) is 0 Å². The van der Waals surface area contributed by atoms with E-state index in [0.29, 0.717) is 12.1 Å². The van der Waals surface area contributed by atoms with Crippen LogP contribution in [0.2, 0.25) is 0 Å². The molecule has 2 aromatic heterocycles. The van der Waals surface area contributed by atoms with Crippen LogP contribution in [0.25, 0.3) is 0 Å².